The molecule has 3 N–H and O–H groups in total. The first-order valence-corrected chi connectivity index (χ1v) is 3.96. The fourth-order valence-corrected chi connectivity index (χ4v) is 0.954. The molecule has 0 aromatic carbocycles. The minimum absolute atomic E-state index is 0.156. The number of rotatable bonds is 3. The molecule has 0 aliphatic rings. The third kappa shape index (κ3) is 2.08. The van der Waals surface area contributed by atoms with Gasteiger partial charge in [-0.15, -0.1) is 0 Å². The molecule has 1 rings (SSSR count). The fraction of sp³-hybridized carbons (Fsp3) is 0.500. The number of hydrogen-bond acceptors (Lipinski definition) is 2. The number of hydrogen-bond donors (Lipinski definition) is 2. The largest absolute Gasteiger partial charge is 0.387 e. The van der Waals surface area contributed by atoms with E-state index in [2.05, 4.69) is 18.9 Å². The molecular formula is C8H14N4. The molecule has 0 spiro atoms. The van der Waals surface area contributed by atoms with Gasteiger partial charge in [-0.25, -0.2) is 0 Å². The van der Waals surface area contributed by atoms with Crippen molar-refractivity contribution in [2.24, 2.45) is 5.73 Å². The summed E-state index contributed by atoms with van der Waals surface area (Å²) in [5.74, 6) is 0.156. The van der Waals surface area contributed by atoms with E-state index < -0.39 is 0 Å². The van der Waals surface area contributed by atoms with Crippen LogP contribution in [0.5, 0.6) is 0 Å². The molecule has 0 aliphatic carbocycles. The molecule has 0 aliphatic heterocycles. The third-order valence-electron chi connectivity index (χ3n) is 1.56. The van der Waals surface area contributed by atoms with E-state index in [1.807, 2.05) is 16.9 Å². The number of nitrogens with zero attached hydrogens (tertiary/aromatic N) is 2. The maximum atomic E-state index is 7.08. The lowest BCUT2D eigenvalue weighted by atomic mass is 10.3. The Balaban J connectivity index is 2.70. The molecule has 1 aromatic heterocycles. The predicted octanol–water partition coefficient (Wildman–Crippen LogP) is 0.942. The zero-order valence-corrected chi connectivity index (χ0v) is 7.41. The summed E-state index contributed by atoms with van der Waals surface area (Å²) in [4.78, 5) is 0. The van der Waals surface area contributed by atoms with E-state index >= 15 is 0 Å². The van der Waals surface area contributed by atoms with Crippen LogP contribution in [-0.2, 0) is 6.42 Å². The minimum atomic E-state index is 0.156. The number of nitrogens with two attached hydrogens (primary N) is 1. The van der Waals surface area contributed by atoms with Crippen LogP contribution >= 0.6 is 0 Å². The van der Waals surface area contributed by atoms with Crippen LogP contribution in [0.1, 0.15) is 25.6 Å². The van der Waals surface area contributed by atoms with Crippen molar-refractivity contribution in [3.63, 3.8) is 0 Å². The Labute approximate surface area is 71.9 Å². The summed E-state index contributed by atoms with van der Waals surface area (Å²) in [5.41, 5.74) is 6.10. The van der Waals surface area contributed by atoms with Gasteiger partial charge < -0.3 is 5.73 Å². The Morgan fingerprint density at radius 2 is 2.42 bits per heavy atom. The standard InChI is InChI=1S/C8H14N4/c1-6(2)12-4-3-7(11-12)5-8(9)10/h3-4,6H,5H2,1-2H3,(H3,9,10). The minimum Gasteiger partial charge on any atom is -0.387 e. The smallest absolute Gasteiger partial charge is 0.0966 e. The second kappa shape index (κ2) is 3.38. The molecule has 0 amide bonds. The first-order valence-electron chi connectivity index (χ1n) is 3.96. The van der Waals surface area contributed by atoms with E-state index in [-0.39, 0.29) is 5.84 Å². The molecule has 0 unspecified atom stereocenters. The van der Waals surface area contributed by atoms with Gasteiger partial charge in [0.25, 0.3) is 0 Å². The van der Waals surface area contributed by atoms with E-state index in [1.54, 1.807) is 0 Å². The Morgan fingerprint density at radius 1 is 1.75 bits per heavy atom. The highest BCUT2D eigenvalue weighted by molar-refractivity contribution is 5.78. The maximum absolute atomic E-state index is 7.08. The van der Waals surface area contributed by atoms with Gasteiger partial charge in [-0.3, -0.25) is 10.1 Å². The van der Waals surface area contributed by atoms with Crippen molar-refractivity contribution in [2.75, 3.05) is 0 Å². The van der Waals surface area contributed by atoms with E-state index in [4.69, 9.17) is 11.1 Å². The van der Waals surface area contributed by atoms with Crippen molar-refractivity contribution in [3.8, 4) is 0 Å². The summed E-state index contributed by atoms with van der Waals surface area (Å²) in [7, 11) is 0. The van der Waals surface area contributed by atoms with Crippen LogP contribution < -0.4 is 5.73 Å². The third-order valence-corrected chi connectivity index (χ3v) is 1.56. The normalized spacial score (nSPS) is 10.6. The van der Waals surface area contributed by atoms with Gasteiger partial charge in [-0.1, -0.05) is 0 Å². The SMILES string of the molecule is CC(C)n1ccc(CC(=N)N)n1. The second-order valence-corrected chi connectivity index (χ2v) is 3.08. The van der Waals surface area contributed by atoms with Crippen LogP contribution in [0.4, 0.5) is 0 Å². The topological polar surface area (TPSA) is 67.7 Å². The van der Waals surface area contributed by atoms with Crippen molar-refractivity contribution >= 4 is 5.84 Å². The lowest BCUT2D eigenvalue weighted by Crippen LogP contribution is -2.13. The summed E-state index contributed by atoms with van der Waals surface area (Å²) in [5, 5.41) is 11.3. The molecule has 4 nitrogen and oxygen atoms in total. The second-order valence-electron chi connectivity index (χ2n) is 3.08. The first kappa shape index (κ1) is 8.77. The number of aromatic nitrogens is 2. The van der Waals surface area contributed by atoms with Crippen LogP contribution in [0.25, 0.3) is 0 Å². The van der Waals surface area contributed by atoms with Gasteiger partial charge in [-0.05, 0) is 19.9 Å². The van der Waals surface area contributed by atoms with E-state index in [9.17, 15) is 0 Å². The Hall–Kier alpha value is -1.32. The van der Waals surface area contributed by atoms with Crippen LogP contribution in [0, 0.1) is 5.41 Å². The van der Waals surface area contributed by atoms with E-state index in [0.29, 0.717) is 12.5 Å². The van der Waals surface area contributed by atoms with Crippen LogP contribution in [0.3, 0.4) is 0 Å². The van der Waals surface area contributed by atoms with Gasteiger partial charge in [-0.2, -0.15) is 5.10 Å². The van der Waals surface area contributed by atoms with Crippen molar-refractivity contribution in [1.82, 2.24) is 9.78 Å². The summed E-state index contributed by atoms with van der Waals surface area (Å²) in [6.07, 6.45) is 2.35. The molecule has 0 fully saturated rings. The Kier molecular flexibility index (Phi) is 2.47. The van der Waals surface area contributed by atoms with Gasteiger partial charge in [0, 0.05) is 18.7 Å². The van der Waals surface area contributed by atoms with Gasteiger partial charge in [0.05, 0.1) is 11.5 Å². The number of nitrogens with one attached hydrogen (secondary N) is 1. The zero-order chi connectivity index (χ0) is 9.14. The average molecular weight is 166 g/mol. The van der Waals surface area contributed by atoms with Crippen molar-refractivity contribution < 1.29 is 0 Å². The molecule has 0 saturated heterocycles. The van der Waals surface area contributed by atoms with Crippen LogP contribution in [0.15, 0.2) is 12.3 Å². The van der Waals surface area contributed by atoms with Crippen LogP contribution in [0.2, 0.25) is 0 Å². The maximum Gasteiger partial charge on any atom is 0.0966 e. The summed E-state index contributed by atoms with van der Waals surface area (Å²) < 4.78 is 1.86. The number of amidine groups is 1. The Morgan fingerprint density at radius 3 is 2.83 bits per heavy atom. The van der Waals surface area contributed by atoms with Crippen molar-refractivity contribution in [2.45, 2.75) is 26.3 Å². The molecule has 0 atom stereocenters. The predicted molar refractivity (Wildman–Crippen MR) is 48.2 cm³/mol. The molecular weight excluding hydrogens is 152 g/mol. The zero-order valence-electron chi connectivity index (χ0n) is 7.41. The van der Waals surface area contributed by atoms with Gasteiger partial charge >= 0.3 is 0 Å². The molecule has 12 heavy (non-hydrogen) atoms. The quantitative estimate of drug-likeness (QED) is 0.518. The monoisotopic (exact) mass is 166 g/mol. The van der Waals surface area contributed by atoms with Gasteiger partial charge in [0.2, 0.25) is 0 Å². The van der Waals surface area contributed by atoms with E-state index in [0.717, 1.165) is 5.69 Å². The van der Waals surface area contributed by atoms with Gasteiger partial charge in [0.1, 0.15) is 0 Å². The van der Waals surface area contributed by atoms with E-state index in [1.165, 1.54) is 0 Å². The molecule has 0 saturated carbocycles. The highest BCUT2D eigenvalue weighted by atomic mass is 15.3. The van der Waals surface area contributed by atoms with Crippen molar-refractivity contribution in [1.29, 1.82) is 5.41 Å². The van der Waals surface area contributed by atoms with Crippen molar-refractivity contribution in [3.05, 3.63) is 18.0 Å². The highest BCUT2D eigenvalue weighted by Gasteiger charge is 2.02. The van der Waals surface area contributed by atoms with Gasteiger partial charge in [0.15, 0.2) is 0 Å². The molecule has 0 bridgehead atoms. The highest BCUT2D eigenvalue weighted by Crippen LogP contribution is 2.04. The molecule has 4 heteroatoms. The first-order chi connectivity index (χ1) is 5.59. The lowest BCUT2D eigenvalue weighted by Gasteiger charge is -2.03. The molecule has 1 heterocycles. The molecule has 66 valence electrons. The fourth-order valence-electron chi connectivity index (χ4n) is 0.954. The molecule has 0 radical (unpaired) electrons. The molecule has 1 aromatic rings. The average Bonchev–Trinajstić information content (AvgIpc) is 2.34. The lowest BCUT2D eigenvalue weighted by molar-refractivity contribution is 0.528. The Bertz CT molecular complexity index is 274. The summed E-state index contributed by atoms with van der Waals surface area (Å²) in [6, 6.07) is 2.26. The summed E-state index contributed by atoms with van der Waals surface area (Å²) >= 11 is 0. The van der Waals surface area contributed by atoms with Crippen LogP contribution in [-0.4, -0.2) is 15.6 Å². The summed E-state index contributed by atoms with van der Waals surface area (Å²) in [6.45, 7) is 4.12.